The highest BCUT2D eigenvalue weighted by Gasteiger charge is 2.38. The van der Waals surface area contributed by atoms with E-state index in [9.17, 15) is 8.42 Å². The van der Waals surface area contributed by atoms with E-state index in [1.807, 2.05) is 12.1 Å². The SMILES string of the molecule is C[N+]1(C[C@H](c2ccccn2)S(=O)(=O)c2ccccc2)CCOCC1. The largest absolute Gasteiger partial charge is 0.370 e. The van der Waals surface area contributed by atoms with Gasteiger partial charge in [-0.3, -0.25) is 4.98 Å². The molecule has 1 fully saturated rings. The standard InChI is InChI=1S/C18H23N2O3S/c1-20(11-13-23-14-12-20)15-18(17-9-5-6-10-19-17)24(21,22)16-7-3-2-4-8-16/h2-10,18H,11-15H2,1H3/q+1/t18-/m1/s1. The topological polar surface area (TPSA) is 56.3 Å². The molecule has 1 aliphatic heterocycles. The quantitative estimate of drug-likeness (QED) is 0.777. The van der Waals surface area contributed by atoms with Gasteiger partial charge in [-0.05, 0) is 24.3 Å². The predicted molar refractivity (Wildman–Crippen MR) is 92.2 cm³/mol. The highest BCUT2D eigenvalue weighted by Crippen LogP contribution is 2.30. The number of nitrogens with zero attached hydrogens (tertiary/aromatic N) is 2. The summed E-state index contributed by atoms with van der Waals surface area (Å²) in [5.41, 5.74) is 0.604. The first-order valence-corrected chi connectivity index (χ1v) is 9.67. The van der Waals surface area contributed by atoms with Gasteiger partial charge < -0.3 is 9.22 Å². The third-order valence-electron chi connectivity index (χ3n) is 4.62. The number of likely N-dealkylation sites (N-methyl/N-ethyl adjacent to an activating group) is 1. The number of sulfone groups is 1. The number of rotatable bonds is 5. The lowest BCUT2D eigenvalue weighted by molar-refractivity contribution is -0.917. The zero-order chi connectivity index (χ0) is 17.0. The second-order valence-electron chi connectivity index (χ2n) is 6.46. The number of hydrogen-bond donors (Lipinski definition) is 0. The molecule has 3 rings (SSSR count). The van der Waals surface area contributed by atoms with Crippen molar-refractivity contribution < 1.29 is 17.6 Å². The van der Waals surface area contributed by atoms with E-state index in [0.717, 1.165) is 13.1 Å². The van der Waals surface area contributed by atoms with Gasteiger partial charge in [-0.2, -0.15) is 0 Å². The monoisotopic (exact) mass is 347 g/mol. The maximum absolute atomic E-state index is 13.3. The van der Waals surface area contributed by atoms with E-state index in [1.54, 1.807) is 42.6 Å². The van der Waals surface area contributed by atoms with Crippen molar-refractivity contribution in [2.24, 2.45) is 0 Å². The molecule has 24 heavy (non-hydrogen) atoms. The van der Waals surface area contributed by atoms with Crippen LogP contribution in [-0.2, 0) is 14.6 Å². The van der Waals surface area contributed by atoms with E-state index < -0.39 is 15.1 Å². The first-order chi connectivity index (χ1) is 11.5. The minimum atomic E-state index is -3.51. The third kappa shape index (κ3) is 3.66. The van der Waals surface area contributed by atoms with Gasteiger partial charge in [0.05, 0.1) is 30.9 Å². The molecule has 1 aromatic carbocycles. The van der Waals surface area contributed by atoms with Gasteiger partial charge in [0.15, 0.2) is 15.1 Å². The van der Waals surface area contributed by atoms with Crippen LogP contribution in [-0.4, -0.2) is 57.8 Å². The van der Waals surface area contributed by atoms with E-state index in [2.05, 4.69) is 12.0 Å². The lowest BCUT2D eigenvalue weighted by atomic mass is 10.2. The summed E-state index contributed by atoms with van der Waals surface area (Å²) < 4.78 is 32.7. The van der Waals surface area contributed by atoms with Crippen LogP contribution in [0.15, 0.2) is 59.6 Å². The summed E-state index contributed by atoms with van der Waals surface area (Å²) in [5, 5.41) is -0.663. The van der Waals surface area contributed by atoms with E-state index in [-0.39, 0.29) is 0 Å². The Morgan fingerprint density at radius 3 is 2.38 bits per heavy atom. The number of hydrogen-bond acceptors (Lipinski definition) is 4. The molecule has 0 saturated carbocycles. The van der Waals surface area contributed by atoms with Crippen LogP contribution in [0.1, 0.15) is 10.9 Å². The van der Waals surface area contributed by atoms with Crippen LogP contribution in [0.5, 0.6) is 0 Å². The number of aromatic nitrogens is 1. The average Bonchev–Trinajstić information content (AvgIpc) is 2.62. The molecule has 0 bridgehead atoms. The Hall–Kier alpha value is -1.76. The van der Waals surface area contributed by atoms with Crippen molar-refractivity contribution >= 4 is 9.84 Å². The molecule has 0 unspecified atom stereocenters. The van der Waals surface area contributed by atoms with Crippen molar-refractivity contribution in [1.82, 2.24) is 4.98 Å². The number of morpholine rings is 1. The van der Waals surface area contributed by atoms with Crippen LogP contribution in [0.3, 0.4) is 0 Å². The number of benzene rings is 1. The lowest BCUT2D eigenvalue weighted by Gasteiger charge is -2.39. The fourth-order valence-electron chi connectivity index (χ4n) is 3.06. The molecule has 0 amide bonds. The van der Waals surface area contributed by atoms with Gasteiger partial charge in [0.2, 0.25) is 0 Å². The Kier molecular flexibility index (Phi) is 4.99. The van der Waals surface area contributed by atoms with Crippen LogP contribution in [0, 0.1) is 0 Å². The molecule has 1 saturated heterocycles. The number of pyridine rings is 1. The molecule has 128 valence electrons. The lowest BCUT2D eigenvalue weighted by Crippen LogP contribution is -2.54. The molecule has 1 aliphatic rings. The maximum atomic E-state index is 13.3. The van der Waals surface area contributed by atoms with E-state index in [1.165, 1.54) is 0 Å². The molecule has 2 aromatic rings. The summed E-state index contributed by atoms with van der Waals surface area (Å²) in [6, 6.07) is 14.1. The maximum Gasteiger partial charge on any atom is 0.192 e. The minimum Gasteiger partial charge on any atom is -0.370 e. The smallest absolute Gasteiger partial charge is 0.192 e. The van der Waals surface area contributed by atoms with Crippen molar-refractivity contribution in [3.05, 3.63) is 60.4 Å². The summed E-state index contributed by atoms with van der Waals surface area (Å²) in [6.07, 6.45) is 1.65. The van der Waals surface area contributed by atoms with Gasteiger partial charge in [-0.25, -0.2) is 8.42 Å². The zero-order valence-corrected chi connectivity index (χ0v) is 14.7. The molecule has 0 aliphatic carbocycles. The van der Waals surface area contributed by atoms with E-state index in [0.29, 0.717) is 34.8 Å². The van der Waals surface area contributed by atoms with Crippen LogP contribution >= 0.6 is 0 Å². The van der Waals surface area contributed by atoms with E-state index in [4.69, 9.17) is 4.74 Å². The highest BCUT2D eigenvalue weighted by atomic mass is 32.2. The zero-order valence-electron chi connectivity index (χ0n) is 13.8. The first-order valence-electron chi connectivity index (χ1n) is 8.12. The second kappa shape index (κ2) is 7.01. The Labute approximate surface area is 143 Å². The second-order valence-corrected chi connectivity index (χ2v) is 8.59. The van der Waals surface area contributed by atoms with Gasteiger partial charge in [0.1, 0.15) is 19.6 Å². The van der Waals surface area contributed by atoms with Crippen LogP contribution in [0.2, 0.25) is 0 Å². The van der Waals surface area contributed by atoms with Crippen molar-refractivity contribution in [3.8, 4) is 0 Å². The van der Waals surface area contributed by atoms with Gasteiger partial charge in [0, 0.05) is 6.20 Å². The summed E-state index contributed by atoms with van der Waals surface area (Å²) in [5.74, 6) is 0. The van der Waals surface area contributed by atoms with Crippen LogP contribution in [0.4, 0.5) is 0 Å². The molecule has 5 nitrogen and oxygen atoms in total. The number of quaternary nitrogens is 1. The fraction of sp³-hybridized carbons (Fsp3) is 0.389. The van der Waals surface area contributed by atoms with Crippen molar-refractivity contribution in [3.63, 3.8) is 0 Å². The molecule has 0 radical (unpaired) electrons. The molecule has 6 heteroatoms. The molecule has 2 heterocycles. The molecule has 0 N–H and O–H groups in total. The summed E-state index contributed by atoms with van der Waals surface area (Å²) >= 11 is 0. The van der Waals surface area contributed by atoms with Gasteiger partial charge >= 0.3 is 0 Å². The molecule has 0 spiro atoms. The van der Waals surface area contributed by atoms with Gasteiger partial charge in [0.25, 0.3) is 0 Å². The summed E-state index contributed by atoms with van der Waals surface area (Å²) in [7, 11) is -1.41. The van der Waals surface area contributed by atoms with Gasteiger partial charge in [-0.15, -0.1) is 0 Å². The molecule has 1 atom stereocenters. The third-order valence-corrected chi connectivity index (χ3v) is 6.69. The van der Waals surface area contributed by atoms with Crippen LogP contribution in [0.25, 0.3) is 0 Å². The summed E-state index contributed by atoms with van der Waals surface area (Å²) in [4.78, 5) is 4.69. The number of ether oxygens (including phenoxy) is 1. The average molecular weight is 347 g/mol. The first kappa shape index (κ1) is 17.1. The van der Waals surface area contributed by atoms with Crippen molar-refractivity contribution in [2.45, 2.75) is 10.1 Å². The Bertz CT molecular complexity index is 757. The molecule has 1 aromatic heterocycles. The van der Waals surface area contributed by atoms with Gasteiger partial charge in [-0.1, -0.05) is 24.3 Å². The summed E-state index contributed by atoms with van der Waals surface area (Å²) in [6.45, 7) is 3.45. The fourth-order valence-corrected chi connectivity index (χ4v) is 4.94. The minimum absolute atomic E-state index is 0.348. The van der Waals surface area contributed by atoms with Crippen molar-refractivity contribution in [2.75, 3.05) is 39.9 Å². The highest BCUT2D eigenvalue weighted by molar-refractivity contribution is 7.91. The molecular weight excluding hydrogens is 324 g/mol. The Balaban J connectivity index is 2.00. The van der Waals surface area contributed by atoms with E-state index >= 15 is 0 Å². The normalized spacial score (nSPS) is 18.9. The Morgan fingerprint density at radius 2 is 1.75 bits per heavy atom. The van der Waals surface area contributed by atoms with Crippen molar-refractivity contribution in [1.29, 1.82) is 0 Å². The predicted octanol–water partition coefficient (Wildman–Crippen LogP) is 2.07. The Morgan fingerprint density at radius 1 is 1.08 bits per heavy atom. The van der Waals surface area contributed by atoms with Crippen LogP contribution < -0.4 is 0 Å². The molecular formula is C18H23N2O3S+.